The molecule has 0 aliphatic heterocycles. The number of nitrogens with zero attached hydrogens (tertiary/aromatic N) is 1. The van der Waals surface area contributed by atoms with Gasteiger partial charge in [0.1, 0.15) is 5.75 Å². The normalized spacial score (nSPS) is 31.8. The van der Waals surface area contributed by atoms with Crippen molar-refractivity contribution in [1.82, 2.24) is 5.43 Å². The second kappa shape index (κ2) is 7.26. The first kappa shape index (κ1) is 19.3. The summed E-state index contributed by atoms with van der Waals surface area (Å²) in [6.45, 7) is 2.14. The van der Waals surface area contributed by atoms with E-state index in [1.54, 1.807) is 13.3 Å². The van der Waals surface area contributed by atoms with Crippen LogP contribution in [0.15, 0.2) is 53.6 Å². The molecule has 4 aliphatic rings. The van der Waals surface area contributed by atoms with E-state index in [4.69, 9.17) is 4.74 Å². The first-order valence-corrected chi connectivity index (χ1v) is 11.1. The summed E-state index contributed by atoms with van der Waals surface area (Å²) in [7, 11) is 1.65. The van der Waals surface area contributed by atoms with E-state index in [2.05, 4.69) is 41.7 Å². The van der Waals surface area contributed by atoms with Gasteiger partial charge >= 0.3 is 0 Å². The molecule has 30 heavy (non-hydrogen) atoms. The highest BCUT2D eigenvalue weighted by Crippen LogP contribution is 2.65. The number of carbonyl (C=O) groups is 1. The van der Waals surface area contributed by atoms with Crippen molar-refractivity contribution in [2.45, 2.75) is 50.9 Å². The zero-order chi connectivity index (χ0) is 20.8. The number of hydrogen-bond acceptors (Lipinski definition) is 3. The Morgan fingerprint density at radius 3 is 2.33 bits per heavy atom. The maximum absolute atomic E-state index is 13.4. The highest BCUT2D eigenvalue weighted by molar-refractivity contribution is 5.86. The molecule has 2 aromatic rings. The van der Waals surface area contributed by atoms with Crippen LogP contribution in [0.4, 0.5) is 0 Å². The lowest BCUT2D eigenvalue weighted by Gasteiger charge is -2.61. The van der Waals surface area contributed by atoms with Crippen molar-refractivity contribution in [3.05, 3.63) is 65.2 Å². The number of hydrazone groups is 1. The standard InChI is InChI=1S/C26H30N2O2/c1-18-3-7-22(8-4-18)25-12-20-11-21(13-25)15-26(14-20,17-25)24(29)28-27-16-19-5-9-23(30-2)10-6-19/h3-10,16,20-21H,11-15,17H2,1-2H3,(H,28,29). The number of carbonyl (C=O) groups excluding carboxylic acids is 1. The Labute approximate surface area is 178 Å². The average molecular weight is 403 g/mol. The van der Waals surface area contributed by atoms with Crippen molar-refractivity contribution in [3.8, 4) is 5.75 Å². The molecule has 0 saturated heterocycles. The molecule has 2 atom stereocenters. The van der Waals surface area contributed by atoms with Crippen LogP contribution in [-0.4, -0.2) is 19.2 Å². The molecule has 1 N–H and O–H groups in total. The number of rotatable bonds is 5. The van der Waals surface area contributed by atoms with Gasteiger partial charge in [-0.25, -0.2) is 5.43 Å². The van der Waals surface area contributed by atoms with Gasteiger partial charge in [-0.1, -0.05) is 29.8 Å². The second-order valence-corrected chi connectivity index (χ2v) is 9.86. The Balaban J connectivity index is 1.35. The molecule has 2 unspecified atom stereocenters. The maximum atomic E-state index is 13.4. The van der Waals surface area contributed by atoms with Gasteiger partial charge in [0.2, 0.25) is 5.91 Å². The molecule has 6 rings (SSSR count). The molecular weight excluding hydrogens is 372 g/mol. The Kier molecular flexibility index (Phi) is 4.68. The summed E-state index contributed by atoms with van der Waals surface area (Å²) in [5.41, 5.74) is 6.45. The maximum Gasteiger partial charge on any atom is 0.246 e. The van der Waals surface area contributed by atoms with Crippen LogP contribution in [-0.2, 0) is 10.2 Å². The van der Waals surface area contributed by atoms with Crippen LogP contribution in [0.5, 0.6) is 5.75 Å². The van der Waals surface area contributed by atoms with Crippen molar-refractivity contribution in [3.63, 3.8) is 0 Å². The summed E-state index contributed by atoms with van der Waals surface area (Å²) in [5, 5.41) is 4.30. The van der Waals surface area contributed by atoms with E-state index in [9.17, 15) is 4.79 Å². The molecule has 4 heteroatoms. The third kappa shape index (κ3) is 3.32. The number of nitrogens with one attached hydrogen (secondary N) is 1. The molecule has 4 saturated carbocycles. The van der Waals surface area contributed by atoms with Crippen LogP contribution >= 0.6 is 0 Å². The third-order valence-corrected chi connectivity index (χ3v) is 7.70. The van der Waals surface area contributed by atoms with Crippen LogP contribution in [0.2, 0.25) is 0 Å². The molecule has 156 valence electrons. The molecule has 4 aliphatic carbocycles. The lowest BCUT2D eigenvalue weighted by Crippen LogP contribution is -2.58. The van der Waals surface area contributed by atoms with Gasteiger partial charge in [-0.15, -0.1) is 0 Å². The van der Waals surface area contributed by atoms with E-state index in [-0.39, 0.29) is 16.7 Å². The van der Waals surface area contributed by atoms with Crippen LogP contribution in [0.25, 0.3) is 0 Å². The van der Waals surface area contributed by atoms with Gasteiger partial charge in [0.05, 0.1) is 18.7 Å². The second-order valence-electron chi connectivity index (χ2n) is 9.86. The lowest BCUT2D eigenvalue weighted by molar-refractivity contribution is -0.149. The Hall–Kier alpha value is -2.62. The lowest BCUT2D eigenvalue weighted by atomic mass is 9.42. The molecule has 1 amide bonds. The van der Waals surface area contributed by atoms with Crippen molar-refractivity contribution < 1.29 is 9.53 Å². The van der Waals surface area contributed by atoms with Crippen LogP contribution in [0.3, 0.4) is 0 Å². The van der Waals surface area contributed by atoms with Crippen molar-refractivity contribution in [2.75, 3.05) is 7.11 Å². The monoisotopic (exact) mass is 402 g/mol. The zero-order valence-electron chi connectivity index (χ0n) is 17.9. The topological polar surface area (TPSA) is 50.7 Å². The summed E-state index contributed by atoms with van der Waals surface area (Å²) < 4.78 is 5.19. The minimum atomic E-state index is -0.272. The smallest absolute Gasteiger partial charge is 0.246 e. The molecule has 4 bridgehead atoms. The zero-order valence-corrected chi connectivity index (χ0v) is 17.9. The van der Waals surface area contributed by atoms with Crippen molar-refractivity contribution >= 4 is 12.1 Å². The van der Waals surface area contributed by atoms with Crippen molar-refractivity contribution in [2.24, 2.45) is 22.4 Å². The van der Waals surface area contributed by atoms with E-state index in [1.807, 2.05) is 24.3 Å². The molecule has 4 nitrogen and oxygen atoms in total. The SMILES string of the molecule is COc1ccc(C=NNC(=O)C23CC4CC(C2)CC(c2ccc(C)cc2)(C4)C3)cc1. The largest absolute Gasteiger partial charge is 0.497 e. The van der Waals surface area contributed by atoms with Crippen molar-refractivity contribution in [1.29, 1.82) is 0 Å². The van der Waals surface area contributed by atoms with Gasteiger partial charge in [-0.3, -0.25) is 4.79 Å². The molecule has 0 radical (unpaired) electrons. The number of methoxy groups -OCH3 is 1. The quantitative estimate of drug-likeness (QED) is 0.566. The summed E-state index contributed by atoms with van der Waals surface area (Å²) in [6, 6.07) is 16.7. The molecule has 2 aromatic carbocycles. The summed E-state index contributed by atoms with van der Waals surface area (Å²) in [4.78, 5) is 13.4. The van der Waals surface area contributed by atoms with Crippen LogP contribution in [0.1, 0.15) is 55.2 Å². The number of amides is 1. The molecule has 4 fully saturated rings. The minimum Gasteiger partial charge on any atom is -0.497 e. The van der Waals surface area contributed by atoms with Gasteiger partial charge in [-0.2, -0.15) is 5.10 Å². The van der Waals surface area contributed by atoms with Gasteiger partial charge in [-0.05, 0) is 98.1 Å². The summed E-state index contributed by atoms with van der Waals surface area (Å²) in [5.74, 6) is 2.23. The fourth-order valence-electron chi connectivity index (χ4n) is 6.75. The fraction of sp³-hybridized carbons (Fsp3) is 0.462. The first-order chi connectivity index (χ1) is 14.5. The number of benzene rings is 2. The van der Waals surface area contributed by atoms with E-state index in [1.165, 1.54) is 30.4 Å². The third-order valence-electron chi connectivity index (χ3n) is 7.70. The van der Waals surface area contributed by atoms with E-state index in [0.717, 1.165) is 30.6 Å². The highest BCUT2D eigenvalue weighted by Gasteiger charge is 2.60. The Morgan fingerprint density at radius 1 is 1.03 bits per heavy atom. The first-order valence-electron chi connectivity index (χ1n) is 11.1. The minimum absolute atomic E-state index is 0.109. The summed E-state index contributed by atoms with van der Waals surface area (Å²) >= 11 is 0. The molecule has 0 aromatic heterocycles. The van der Waals surface area contributed by atoms with E-state index < -0.39 is 0 Å². The van der Waals surface area contributed by atoms with E-state index >= 15 is 0 Å². The Bertz CT molecular complexity index is 948. The predicted molar refractivity (Wildman–Crippen MR) is 119 cm³/mol. The van der Waals surface area contributed by atoms with Gasteiger partial charge in [0, 0.05) is 0 Å². The van der Waals surface area contributed by atoms with Gasteiger partial charge < -0.3 is 4.74 Å². The average Bonchev–Trinajstić information content (AvgIpc) is 2.73. The van der Waals surface area contributed by atoms with E-state index in [0.29, 0.717) is 11.8 Å². The molecule has 0 spiro atoms. The van der Waals surface area contributed by atoms with Gasteiger partial charge in [0.25, 0.3) is 0 Å². The molecule has 0 heterocycles. The number of aryl methyl sites for hydroxylation is 1. The highest BCUT2D eigenvalue weighted by atomic mass is 16.5. The fourth-order valence-corrected chi connectivity index (χ4v) is 6.75. The predicted octanol–water partition coefficient (Wildman–Crippen LogP) is 4.99. The van der Waals surface area contributed by atoms with Crippen LogP contribution in [0, 0.1) is 24.2 Å². The molecular formula is C26H30N2O2. The van der Waals surface area contributed by atoms with Crippen LogP contribution < -0.4 is 10.2 Å². The Morgan fingerprint density at radius 2 is 1.70 bits per heavy atom. The number of ether oxygens (including phenoxy) is 1. The number of hydrogen-bond donors (Lipinski definition) is 1. The summed E-state index contributed by atoms with van der Waals surface area (Å²) in [6.07, 6.45) is 8.46. The van der Waals surface area contributed by atoms with Gasteiger partial charge in [0.15, 0.2) is 0 Å².